The molecule has 6 aliphatic rings. The summed E-state index contributed by atoms with van der Waals surface area (Å²) < 4.78 is 72.5. The number of unbranched alkanes of at least 4 members (excludes halogenated alkanes) is 5. The number of aliphatic hydroxyl groups excluding tert-OH is 13. The van der Waals surface area contributed by atoms with Gasteiger partial charge in [0.2, 0.25) is 23.6 Å². The number of rotatable bonds is 31. The Labute approximate surface area is 566 Å². The Bertz CT molecular complexity index is 2710. The number of hydrogen-bond donors (Lipinski definition) is 18. The van der Waals surface area contributed by atoms with Crippen LogP contribution in [0.3, 0.4) is 0 Å². The Morgan fingerprint density at radius 3 is 1.35 bits per heavy atom. The largest absolute Gasteiger partial charge is 0.494 e. The maximum Gasteiger partial charge on any atom is 0.251 e. The van der Waals surface area contributed by atoms with Crippen molar-refractivity contribution < 1.29 is 147 Å². The van der Waals surface area contributed by atoms with Gasteiger partial charge in [-0.1, -0.05) is 51.3 Å². The van der Waals surface area contributed by atoms with Crippen molar-refractivity contribution in [3.05, 3.63) is 42.0 Å². The van der Waals surface area contributed by atoms with Crippen molar-refractivity contribution in [3.8, 4) is 5.75 Å². The van der Waals surface area contributed by atoms with Crippen LogP contribution in [-0.4, -0.2) is 313 Å². The Hall–Kier alpha value is -4.85. The molecule has 98 heavy (non-hydrogen) atoms. The number of ether oxygens (including phenoxy) is 12. The van der Waals surface area contributed by atoms with Gasteiger partial charge in [-0.05, 0) is 50.8 Å². The van der Waals surface area contributed by atoms with Gasteiger partial charge in [0.05, 0.1) is 51.8 Å². The highest BCUT2D eigenvalue weighted by molar-refractivity contribution is 5.94. The molecule has 6 heterocycles. The molecule has 1 aromatic carbocycles. The fourth-order valence-electron chi connectivity index (χ4n) is 12.7. The smallest absolute Gasteiger partial charge is 0.251 e. The van der Waals surface area contributed by atoms with Crippen LogP contribution in [0.1, 0.15) is 104 Å². The molecule has 0 aliphatic carbocycles. The number of carbonyl (C=O) groups is 5. The van der Waals surface area contributed by atoms with Crippen molar-refractivity contribution >= 4 is 29.5 Å². The van der Waals surface area contributed by atoms with Crippen molar-refractivity contribution in [2.75, 3.05) is 39.6 Å². The molecule has 0 aromatic heterocycles. The summed E-state index contributed by atoms with van der Waals surface area (Å²) in [5, 5.41) is 159. The molecule has 35 nitrogen and oxygen atoms in total. The number of carbonyl (C=O) groups excluding carboxylic acids is 5. The second-order valence-electron chi connectivity index (χ2n) is 25.4. The molecule has 7 rings (SSSR count). The van der Waals surface area contributed by atoms with E-state index in [2.05, 4.69) is 45.7 Å². The van der Waals surface area contributed by atoms with E-state index in [0.29, 0.717) is 18.8 Å². The summed E-state index contributed by atoms with van der Waals surface area (Å²) in [5.74, 6) is -4.38. The second kappa shape index (κ2) is 37.9. The van der Waals surface area contributed by atoms with Crippen LogP contribution in [0.4, 0.5) is 0 Å². The fraction of sp³-hybridized carbons (Fsp3) is 0.794. The molecule has 0 spiro atoms. The fourth-order valence-corrected chi connectivity index (χ4v) is 12.7. The molecule has 35 heteroatoms. The zero-order valence-corrected chi connectivity index (χ0v) is 55.7. The summed E-state index contributed by atoms with van der Waals surface area (Å²) in [4.78, 5) is 65.1. The van der Waals surface area contributed by atoms with Gasteiger partial charge in [0.1, 0.15) is 134 Å². The van der Waals surface area contributed by atoms with Crippen LogP contribution < -0.4 is 31.3 Å². The van der Waals surface area contributed by atoms with E-state index < -0.39 is 246 Å². The third kappa shape index (κ3) is 20.5. The Morgan fingerprint density at radius 1 is 0.459 bits per heavy atom. The van der Waals surface area contributed by atoms with Gasteiger partial charge in [0.15, 0.2) is 37.7 Å². The number of amides is 5. The molecular formula is C63H101N5O30. The second-order valence-corrected chi connectivity index (χ2v) is 25.4. The van der Waals surface area contributed by atoms with Gasteiger partial charge in [0, 0.05) is 39.2 Å². The lowest BCUT2D eigenvalue weighted by molar-refractivity contribution is -0.368. The van der Waals surface area contributed by atoms with E-state index >= 15 is 0 Å². The van der Waals surface area contributed by atoms with E-state index in [0.717, 1.165) is 53.4 Å². The minimum atomic E-state index is -2.06. The molecule has 0 bridgehead atoms. The average Bonchev–Trinajstić information content (AvgIpc) is 0.772. The number of hydrogen-bond acceptors (Lipinski definition) is 30. The molecule has 6 saturated heterocycles. The highest BCUT2D eigenvalue weighted by atomic mass is 16.8. The third-order valence-electron chi connectivity index (χ3n) is 18.0. The number of aliphatic hydroxyl groups is 13. The van der Waals surface area contributed by atoms with E-state index in [9.17, 15) is 90.4 Å². The van der Waals surface area contributed by atoms with Gasteiger partial charge in [-0.2, -0.15) is 0 Å². The first kappa shape index (κ1) is 80.5. The molecule has 30 atom stereocenters. The van der Waals surface area contributed by atoms with Gasteiger partial charge in [0.25, 0.3) is 5.91 Å². The molecule has 14 unspecified atom stereocenters. The van der Waals surface area contributed by atoms with Crippen molar-refractivity contribution in [2.45, 2.75) is 271 Å². The zero-order chi connectivity index (χ0) is 71.8. The monoisotopic (exact) mass is 1410 g/mol. The van der Waals surface area contributed by atoms with E-state index in [1.807, 2.05) is 0 Å². The highest BCUT2D eigenvalue weighted by Crippen LogP contribution is 2.37. The van der Waals surface area contributed by atoms with E-state index in [1.54, 1.807) is 19.1 Å². The van der Waals surface area contributed by atoms with Crippen LogP contribution in [0, 0.1) is 5.92 Å². The maximum absolute atomic E-state index is 13.9. The van der Waals surface area contributed by atoms with Crippen molar-refractivity contribution in [1.29, 1.82) is 0 Å². The summed E-state index contributed by atoms with van der Waals surface area (Å²) in [5.41, 5.74) is 0.0501. The number of benzene rings is 1. The topological polar surface area (TPSA) is 519 Å². The predicted octanol–water partition coefficient (Wildman–Crippen LogP) is -6.10. The lowest BCUT2D eigenvalue weighted by Gasteiger charge is -2.51. The standard InChI is InChI=1S/C63H101N5O30/c1-8-9-10-11-12-13-14-15-16-20-87-34-19-17-18-33(21-34)57(85)68-41-48(80)47(79)35(22-69)91-59(41)95-53-36(23-70)92-60(42(50(53)82)65-30(5)74)96-54-37(24-71)93-61(43(51(54)83)66-31(6)75)97-55-38(25-72)94-62(44(52(55)84)67-32(7)76)98-56-39(90-58(86)40(49(56)81)64-29(4)73)26-88-63-46(78)27(2)45(77)28(3)89-63/h13-14,17-19,21,27-28,35-56,58-63,69-72,77-84,86H,8-12,15-16,20,22-26H2,1-7H3,(H,64,73)(H,65,74)(H,66,75)(H,67,76)(H,68,85)/b14-13-/t27-,28?,35?,36-,37?,38-,39?,40-,41-,42?,43-,44?,45?,46+,47+,48+,49+,50?,51+,52?,53+,54?,55+,56?,58?,59?,60?,61-,62-,63+/m0/s1. The SMILES string of the molecule is CCCCCC/C=C\CCCOc1cccc(C(=O)N[C@@H]2C(O[C@H]3C(O)C(NC(C)=O)C(OC4C(CO)O[C@@H](O[C@H]5C(O)C(NC(C)=O)[C@H](OC6C(CO[C@@H]7OC(C)C(O)[C@H](C)[C@H]7O)OC(O)[C@@H](NC(C)=O)[C@H]6O)O[C@H]5CO)[C@@H](NC(C)=O)[C@H]4O)O[C@H]3CO)OC(CO)[C@@H](O)[C@@H]2O)c1. The lowest BCUT2D eigenvalue weighted by atomic mass is 9.91. The first-order valence-corrected chi connectivity index (χ1v) is 33.2. The molecule has 18 N–H and O–H groups in total. The van der Waals surface area contributed by atoms with Crippen LogP contribution >= 0.6 is 0 Å². The third-order valence-corrected chi connectivity index (χ3v) is 18.0. The van der Waals surface area contributed by atoms with Crippen molar-refractivity contribution in [1.82, 2.24) is 26.6 Å². The van der Waals surface area contributed by atoms with Gasteiger partial charge >= 0.3 is 0 Å². The first-order chi connectivity index (χ1) is 46.7. The van der Waals surface area contributed by atoms with E-state index in [4.69, 9.17) is 56.8 Å². The minimum Gasteiger partial charge on any atom is -0.494 e. The highest BCUT2D eigenvalue weighted by Gasteiger charge is 2.58. The molecule has 6 fully saturated rings. The first-order valence-electron chi connectivity index (χ1n) is 33.2. The lowest BCUT2D eigenvalue weighted by Crippen LogP contribution is -2.72. The average molecular weight is 1410 g/mol. The van der Waals surface area contributed by atoms with Gasteiger partial charge in [-0.25, -0.2) is 0 Å². The van der Waals surface area contributed by atoms with Crippen LogP contribution in [0.5, 0.6) is 5.75 Å². The molecule has 1 aromatic rings. The van der Waals surface area contributed by atoms with Crippen LogP contribution in [0.2, 0.25) is 0 Å². The van der Waals surface area contributed by atoms with E-state index in [-0.39, 0.29) is 5.56 Å². The molecule has 558 valence electrons. The molecular weight excluding hydrogens is 1310 g/mol. The Morgan fingerprint density at radius 2 is 0.888 bits per heavy atom. The summed E-state index contributed by atoms with van der Waals surface area (Å²) >= 11 is 0. The molecule has 0 radical (unpaired) electrons. The summed E-state index contributed by atoms with van der Waals surface area (Å²) in [6, 6.07) is -2.40. The summed E-state index contributed by atoms with van der Waals surface area (Å²) in [6.07, 6.45) is -29.9. The van der Waals surface area contributed by atoms with Crippen molar-refractivity contribution in [3.63, 3.8) is 0 Å². The maximum atomic E-state index is 13.9. The van der Waals surface area contributed by atoms with Crippen LogP contribution in [0.25, 0.3) is 0 Å². The van der Waals surface area contributed by atoms with Gasteiger partial charge < -0.3 is 150 Å². The van der Waals surface area contributed by atoms with Crippen LogP contribution in [-0.2, 0) is 71.3 Å². The summed E-state index contributed by atoms with van der Waals surface area (Å²) in [6.45, 7) is 5.23. The van der Waals surface area contributed by atoms with Crippen molar-refractivity contribution in [2.24, 2.45) is 5.92 Å². The summed E-state index contributed by atoms with van der Waals surface area (Å²) in [7, 11) is 0. The number of allylic oxidation sites excluding steroid dienone is 2. The van der Waals surface area contributed by atoms with E-state index in [1.165, 1.54) is 31.9 Å². The zero-order valence-electron chi connectivity index (χ0n) is 55.7. The Balaban J connectivity index is 1.07. The van der Waals surface area contributed by atoms with Crippen LogP contribution in [0.15, 0.2) is 36.4 Å². The van der Waals surface area contributed by atoms with Gasteiger partial charge in [-0.15, -0.1) is 0 Å². The molecule has 0 saturated carbocycles. The Kier molecular flexibility index (Phi) is 31.1. The normalized spacial score (nSPS) is 39.9. The van der Waals surface area contributed by atoms with Gasteiger partial charge in [-0.3, -0.25) is 24.0 Å². The molecule has 5 amide bonds. The number of nitrogens with one attached hydrogen (secondary N) is 5. The molecule has 6 aliphatic heterocycles. The predicted molar refractivity (Wildman–Crippen MR) is 332 cm³/mol. The minimum absolute atomic E-state index is 0.0501. The quantitative estimate of drug-likeness (QED) is 0.0243.